The number of ether oxygens (including phenoxy) is 1. The summed E-state index contributed by atoms with van der Waals surface area (Å²) in [5, 5.41) is 14.7. The molecule has 126 valence electrons. The van der Waals surface area contributed by atoms with Gasteiger partial charge in [0, 0.05) is 24.3 Å². The first-order chi connectivity index (χ1) is 11.6. The monoisotopic (exact) mass is 330 g/mol. The average Bonchev–Trinajstić information content (AvgIpc) is 3.25. The van der Waals surface area contributed by atoms with Gasteiger partial charge in [0.1, 0.15) is 6.54 Å². The van der Waals surface area contributed by atoms with E-state index >= 15 is 0 Å². The summed E-state index contributed by atoms with van der Waals surface area (Å²) in [4.78, 5) is 24.2. The molecule has 1 aromatic heterocycles. The first kappa shape index (κ1) is 16.1. The van der Waals surface area contributed by atoms with Crippen LogP contribution in [0.2, 0.25) is 0 Å². The fraction of sp³-hybridized carbons (Fsp3) is 0.400. The molecule has 0 spiro atoms. The van der Waals surface area contributed by atoms with E-state index in [0.29, 0.717) is 23.5 Å². The Hall–Kier alpha value is -2.81. The molecule has 9 heteroatoms. The highest BCUT2D eigenvalue weighted by molar-refractivity contribution is 5.93. The van der Waals surface area contributed by atoms with Gasteiger partial charge >= 0.3 is 0 Å². The van der Waals surface area contributed by atoms with Gasteiger partial charge in [-0.25, -0.2) is 0 Å². The number of hydrogen-bond acceptors (Lipinski definition) is 6. The number of primary amides is 1. The van der Waals surface area contributed by atoms with Crippen LogP contribution in [0.4, 0.5) is 0 Å². The van der Waals surface area contributed by atoms with Gasteiger partial charge in [-0.15, -0.1) is 10.2 Å². The number of amides is 2. The van der Waals surface area contributed by atoms with Crippen molar-refractivity contribution in [2.24, 2.45) is 5.73 Å². The molecule has 2 aromatic rings. The molecule has 0 aliphatic carbocycles. The summed E-state index contributed by atoms with van der Waals surface area (Å²) in [5.74, 6) is -0.322. The van der Waals surface area contributed by atoms with E-state index < -0.39 is 5.91 Å². The molecule has 1 aliphatic heterocycles. The molecule has 0 radical (unpaired) electrons. The Morgan fingerprint density at radius 1 is 1.33 bits per heavy atom. The molecule has 0 unspecified atom stereocenters. The predicted octanol–water partition coefficient (Wildman–Crippen LogP) is -0.266. The quantitative estimate of drug-likeness (QED) is 0.751. The lowest BCUT2D eigenvalue weighted by Gasteiger charge is -2.10. The van der Waals surface area contributed by atoms with Crippen molar-refractivity contribution in [1.82, 2.24) is 25.5 Å². The second-order valence-corrected chi connectivity index (χ2v) is 5.52. The number of nitrogens with one attached hydrogen (secondary N) is 1. The number of carbonyl (C=O) groups is 2. The maximum Gasteiger partial charge on any atom is 0.248 e. The Morgan fingerprint density at radius 3 is 2.79 bits per heavy atom. The standard InChI is InChI=1S/C15H18N6O3/c16-14(23)10-3-5-11(6-4-10)15-18-20-21(19-15)9-13(22)17-8-12-2-1-7-24-12/h3-6,12H,1-2,7-9H2,(H2,16,23)(H,17,22)/t12-/m1/s1. The Kier molecular flexibility index (Phi) is 4.80. The van der Waals surface area contributed by atoms with E-state index in [-0.39, 0.29) is 18.6 Å². The zero-order valence-electron chi connectivity index (χ0n) is 13.0. The minimum absolute atomic E-state index is 0.0148. The normalized spacial score (nSPS) is 16.9. The van der Waals surface area contributed by atoms with Crippen molar-refractivity contribution in [2.75, 3.05) is 13.2 Å². The summed E-state index contributed by atoms with van der Waals surface area (Å²) in [5.41, 5.74) is 6.28. The number of carbonyl (C=O) groups excluding carboxylic acids is 2. The number of rotatable bonds is 6. The van der Waals surface area contributed by atoms with E-state index in [1.165, 1.54) is 4.80 Å². The number of nitrogens with zero attached hydrogens (tertiary/aromatic N) is 4. The summed E-state index contributed by atoms with van der Waals surface area (Å²) in [6.45, 7) is 1.23. The fourth-order valence-electron chi connectivity index (χ4n) is 2.43. The van der Waals surface area contributed by atoms with Gasteiger partial charge in [0.15, 0.2) is 0 Å². The molecule has 24 heavy (non-hydrogen) atoms. The lowest BCUT2D eigenvalue weighted by Crippen LogP contribution is -2.34. The number of aromatic nitrogens is 4. The number of tetrazole rings is 1. The molecule has 3 rings (SSSR count). The van der Waals surface area contributed by atoms with E-state index in [0.717, 1.165) is 19.4 Å². The molecule has 1 atom stereocenters. The first-order valence-electron chi connectivity index (χ1n) is 7.68. The van der Waals surface area contributed by atoms with Crippen LogP contribution in [0.3, 0.4) is 0 Å². The molecular weight excluding hydrogens is 312 g/mol. The number of nitrogens with two attached hydrogens (primary N) is 1. The van der Waals surface area contributed by atoms with Gasteiger partial charge in [-0.2, -0.15) is 4.80 Å². The van der Waals surface area contributed by atoms with Crippen LogP contribution in [0.1, 0.15) is 23.2 Å². The lowest BCUT2D eigenvalue weighted by atomic mass is 10.1. The summed E-state index contributed by atoms with van der Waals surface area (Å²) in [7, 11) is 0. The Bertz CT molecular complexity index is 721. The van der Waals surface area contributed by atoms with Crippen molar-refractivity contribution < 1.29 is 14.3 Å². The van der Waals surface area contributed by atoms with Crippen LogP contribution >= 0.6 is 0 Å². The van der Waals surface area contributed by atoms with Crippen LogP contribution in [-0.2, 0) is 16.1 Å². The highest BCUT2D eigenvalue weighted by atomic mass is 16.5. The van der Waals surface area contributed by atoms with E-state index in [9.17, 15) is 9.59 Å². The average molecular weight is 330 g/mol. The maximum atomic E-state index is 11.9. The molecule has 1 aliphatic rings. The van der Waals surface area contributed by atoms with E-state index in [1.54, 1.807) is 24.3 Å². The summed E-state index contributed by atoms with van der Waals surface area (Å²) < 4.78 is 5.44. The molecule has 2 heterocycles. The zero-order valence-corrected chi connectivity index (χ0v) is 13.0. The van der Waals surface area contributed by atoms with Crippen LogP contribution in [0, 0.1) is 0 Å². The van der Waals surface area contributed by atoms with Crippen molar-refractivity contribution in [2.45, 2.75) is 25.5 Å². The second kappa shape index (κ2) is 7.18. The smallest absolute Gasteiger partial charge is 0.248 e. The van der Waals surface area contributed by atoms with Gasteiger partial charge in [0.05, 0.1) is 6.10 Å². The van der Waals surface area contributed by atoms with Crippen molar-refractivity contribution in [3.63, 3.8) is 0 Å². The van der Waals surface area contributed by atoms with Crippen LogP contribution < -0.4 is 11.1 Å². The first-order valence-corrected chi connectivity index (χ1v) is 7.68. The summed E-state index contributed by atoms with van der Waals surface area (Å²) in [6, 6.07) is 6.54. The fourth-order valence-corrected chi connectivity index (χ4v) is 2.43. The SMILES string of the molecule is NC(=O)c1ccc(-c2nnn(CC(=O)NC[C@H]3CCCO3)n2)cc1. The molecule has 1 saturated heterocycles. The molecule has 9 nitrogen and oxygen atoms in total. The Morgan fingerprint density at radius 2 is 2.12 bits per heavy atom. The molecule has 2 amide bonds. The van der Waals surface area contributed by atoms with Gasteiger partial charge in [0.2, 0.25) is 17.6 Å². The molecule has 0 saturated carbocycles. The Balaban J connectivity index is 1.56. The van der Waals surface area contributed by atoms with Crippen molar-refractivity contribution >= 4 is 11.8 Å². The second-order valence-electron chi connectivity index (χ2n) is 5.52. The largest absolute Gasteiger partial charge is 0.376 e. The third-order valence-corrected chi connectivity index (χ3v) is 3.72. The molecule has 0 bridgehead atoms. The Labute approximate surface area is 138 Å². The zero-order chi connectivity index (χ0) is 16.9. The lowest BCUT2D eigenvalue weighted by molar-refractivity contribution is -0.122. The van der Waals surface area contributed by atoms with Gasteiger partial charge in [0.25, 0.3) is 0 Å². The van der Waals surface area contributed by atoms with Crippen LogP contribution in [0.25, 0.3) is 11.4 Å². The van der Waals surface area contributed by atoms with Gasteiger partial charge < -0.3 is 15.8 Å². The molecule has 1 fully saturated rings. The van der Waals surface area contributed by atoms with Crippen LogP contribution in [0.5, 0.6) is 0 Å². The molecular formula is C15H18N6O3. The number of hydrogen-bond donors (Lipinski definition) is 2. The van der Waals surface area contributed by atoms with E-state index in [2.05, 4.69) is 20.7 Å². The number of benzene rings is 1. The third-order valence-electron chi connectivity index (χ3n) is 3.72. The maximum absolute atomic E-state index is 11.9. The summed E-state index contributed by atoms with van der Waals surface area (Å²) in [6.07, 6.45) is 2.09. The third kappa shape index (κ3) is 3.93. The van der Waals surface area contributed by atoms with E-state index in [4.69, 9.17) is 10.5 Å². The molecule has 3 N–H and O–H groups in total. The van der Waals surface area contributed by atoms with Crippen molar-refractivity contribution in [3.8, 4) is 11.4 Å². The van der Waals surface area contributed by atoms with Gasteiger partial charge in [-0.3, -0.25) is 9.59 Å². The highest BCUT2D eigenvalue weighted by Crippen LogP contribution is 2.14. The molecule has 1 aromatic carbocycles. The van der Waals surface area contributed by atoms with Gasteiger partial charge in [-0.05, 0) is 30.2 Å². The topological polar surface area (TPSA) is 125 Å². The van der Waals surface area contributed by atoms with Gasteiger partial charge in [-0.1, -0.05) is 12.1 Å². The highest BCUT2D eigenvalue weighted by Gasteiger charge is 2.16. The predicted molar refractivity (Wildman–Crippen MR) is 83.8 cm³/mol. The minimum atomic E-state index is -0.499. The van der Waals surface area contributed by atoms with Crippen molar-refractivity contribution in [3.05, 3.63) is 29.8 Å². The minimum Gasteiger partial charge on any atom is -0.376 e. The van der Waals surface area contributed by atoms with Crippen LogP contribution in [-0.4, -0.2) is 51.3 Å². The van der Waals surface area contributed by atoms with Crippen LogP contribution in [0.15, 0.2) is 24.3 Å². The van der Waals surface area contributed by atoms with E-state index in [1.807, 2.05) is 0 Å². The van der Waals surface area contributed by atoms with Crippen molar-refractivity contribution in [1.29, 1.82) is 0 Å². The summed E-state index contributed by atoms with van der Waals surface area (Å²) >= 11 is 0.